The van der Waals surface area contributed by atoms with Crippen molar-refractivity contribution in [3.8, 4) is 5.75 Å². The van der Waals surface area contributed by atoms with Crippen LogP contribution in [0.5, 0.6) is 5.75 Å². The van der Waals surface area contributed by atoms with Gasteiger partial charge in [-0.15, -0.1) is 12.4 Å². The number of hydrogen-bond donors (Lipinski definition) is 3. The lowest BCUT2D eigenvalue weighted by Crippen LogP contribution is -2.48. The second kappa shape index (κ2) is 9.33. The predicted molar refractivity (Wildman–Crippen MR) is 113 cm³/mol. The van der Waals surface area contributed by atoms with Gasteiger partial charge in [0.1, 0.15) is 5.75 Å². The summed E-state index contributed by atoms with van der Waals surface area (Å²) >= 11 is 0. The molecule has 2 aliphatic rings. The average molecular weight is 432 g/mol. The Morgan fingerprint density at radius 2 is 1.89 bits per heavy atom. The van der Waals surface area contributed by atoms with Crippen LogP contribution in [0, 0.1) is 17.8 Å². The number of amides is 1. The molecule has 0 spiro atoms. The Hall–Kier alpha value is -1.51. The molecule has 1 aromatic rings. The van der Waals surface area contributed by atoms with Crippen LogP contribution in [0.1, 0.15) is 39.0 Å². The Labute approximate surface area is 173 Å². The average Bonchev–Trinajstić information content (AvgIpc) is 2.62. The molecule has 7 nitrogen and oxygen atoms in total. The highest BCUT2D eigenvalue weighted by atomic mass is 35.5. The Bertz CT molecular complexity index is 788. The molecule has 2 atom stereocenters. The van der Waals surface area contributed by atoms with Crippen molar-refractivity contribution < 1.29 is 17.9 Å². The number of carbonyl (C=O) groups is 1. The third kappa shape index (κ3) is 5.10. The number of rotatable bonds is 6. The highest BCUT2D eigenvalue weighted by Gasteiger charge is 2.40. The fraction of sp³-hybridized carbons (Fsp3) is 0.632. The van der Waals surface area contributed by atoms with Crippen molar-refractivity contribution in [3.05, 3.63) is 18.2 Å². The largest absolute Gasteiger partial charge is 0.494 e. The van der Waals surface area contributed by atoms with Gasteiger partial charge in [0.25, 0.3) is 0 Å². The molecule has 1 aromatic carbocycles. The summed E-state index contributed by atoms with van der Waals surface area (Å²) in [6, 6.07) is 5.16. The number of anilines is 2. The molecule has 0 aromatic heterocycles. The molecule has 9 heteroatoms. The normalized spacial score (nSPS) is 26.7. The van der Waals surface area contributed by atoms with Gasteiger partial charge < -0.3 is 15.8 Å². The Kier molecular flexibility index (Phi) is 7.59. The van der Waals surface area contributed by atoms with E-state index in [0.29, 0.717) is 29.0 Å². The van der Waals surface area contributed by atoms with Crippen molar-refractivity contribution in [2.75, 3.05) is 22.9 Å². The maximum atomic E-state index is 12.8. The van der Waals surface area contributed by atoms with Gasteiger partial charge in [-0.2, -0.15) is 0 Å². The molecule has 0 aliphatic heterocycles. The molecule has 1 amide bonds. The molecule has 2 bridgehead atoms. The van der Waals surface area contributed by atoms with Crippen LogP contribution in [-0.2, 0) is 14.8 Å². The fourth-order valence-corrected chi connectivity index (χ4v) is 4.99. The number of benzene rings is 1. The van der Waals surface area contributed by atoms with Crippen molar-refractivity contribution in [2.45, 2.75) is 45.1 Å². The van der Waals surface area contributed by atoms with Gasteiger partial charge >= 0.3 is 0 Å². The molecule has 2 fully saturated rings. The first-order chi connectivity index (χ1) is 12.8. The third-order valence-corrected chi connectivity index (χ3v) is 7.19. The quantitative estimate of drug-likeness (QED) is 0.641. The molecular formula is C19H30ClN3O4S. The molecule has 0 saturated heterocycles. The van der Waals surface area contributed by atoms with E-state index in [0.717, 1.165) is 25.7 Å². The molecule has 2 unspecified atom stereocenters. The highest BCUT2D eigenvalue weighted by molar-refractivity contribution is 7.92. The number of nitrogens with two attached hydrogens (primary N) is 1. The zero-order chi connectivity index (χ0) is 19.6. The number of methoxy groups -OCH3 is 1. The SMILES string of the molecule is CCS(=O)(=O)Nc1ccc(NC(=O)C2CC3CCCC(C2)C3N)cc1OC.Cl. The minimum atomic E-state index is -3.40. The van der Waals surface area contributed by atoms with Crippen LogP contribution in [0.15, 0.2) is 18.2 Å². The van der Waals surface area contributed by atoms with E-state index in [-0.39, 0.29) is 36.0 Å². The summed E-state index contributed by atoms with van der Waals surface area (Å²) in [6.07, 6.45) is 5.12. The van der Waals surface area contributed by atoms with Gasteiger partial charge in [0.15, 0.2) is 0 Å². The van der Waals surface area contributed by atoms with Crippen LogP contribution in [-0.4, -0.2) is 33.2 Å². The summed E-state index contributed by atoms with van der Waals surface area (Å²) < 4.78 is 31.3. The van der Waals surface area contributed by atoms with E-state index < -0.39 is 10.0 Å². The van der Waals surface area contributed by atoms with Crippen LogP contribution in [0.25, 0.3) is 0 Å². The second-order valence-electron chi connectivity index (χ2n) is 7.61. The van der Waals surface area contributed by atoms with Crippen molar-refractivity contribution >= 4 is 39.7 Å². The standard InChI is InChI=1S/C19H29N3O4S.ClH/c1-3-27(24,25)22-16-8-7-15(11-17(16)26-2)21-19(23)14-9-12-5-4-6-13(10-14)18(12)20;/h7-8,11-14,18,22H,3-6,9-10,20H2,1-2H3,(H,21,23);1H. The topological polar surface area (TPSA) is 111 Å². The maximum absolute atomic E-state index is 12.8. The zero-order valence-corrected chi connectivity index (χ0v) is 17.9. The number of ether oxygens (including phenoxy) is 1. The molecule has 3 rings (SSSR count). The van der Waals surface area contributed by atoms with E-state index in [9.17, 15) is 13.2 Å². The number of hydrogen-bond acceptors (Lipinski definition) is 5. The van der Waals surface area contributed by atoms with E-state index >= 15 is 0 Å². The van der Waals surface area contributed by atoms with E-state index in [4.69, 9.17) is 10.5 Å². The van der Waals surface area contributed by atoms with Crippen molar-refractivity contribution in [1.29, 1.82) is 0 Å². The monoisotopic (exact) mass is 431 g/mol. The summed E-state index contributed by atoms with van der Waals surface area (Å²) in [5.41, 5.74) is 7.26. The van der Waals surface area contributed by atoms with Gasteiger partial charge in [0.05, 0.1) is 18.6 Å². The van der Waals surface area contributed by atoms with Gasteiger partial charge in [-0.3, -0.25) is 9.52 Å². The molecule has 28 heavy (non-hydrogen) atoms. The van der Waals surface area contributed by atoms with Gasteiger partial charge in [-0.25, -0.2) is 8.42 Å². The summed E-state index contributed by atoms with van der Waals surface area (Å²) in [6.45, 7) is 1.56. The van der Waals surface area contributed by atoms with Crippen LogP contribution in [0.3, 0.4) is 0 Å². The van der Waals surface area contributed by atoms with Gasteiger partial charge in [0, 0.05) is 23.7 Å². The second-order valence-corrected chi connectivity index (χ2v) is 9.62. The summed E-state index contributed by atoms with van der Waals surface area (Å²) in [5, 5.41) is 2.96. The highest BCUT2D eigenvalue weighted by Crippen LogP contribution is 2.42. The van der Waals surface area contributed by atoms with Crippen LogP contribution in [0.4, 0.5) is 11.4 Å². The van der Waals surface area contributed by atoms with Gasteiger partial charge in [-0.05, 0) is 56.6 Å². The van der Waals surface area contributed by atoms with E-state index in [1.165, 1.54) is 13.5 Å². The first-order valence-corrected chi connectivity index (χ1v) is 11.2. The number of nitrogens with one attached hydrogen (secondary N) is 2. The number of carbonyl (C=O) groups excluding carboxylic acids is 1. The van der Waals surface area contributed by atoms with E-state index in [1.54, 1.807) is 25.1 Å². The lowest BCUT2D eigenvalue weighted by atomic mass is 9.65. The summed E-state index contributed by atoms with van der Waals surface area (Å²) in [4.78, 5) is 12.8. The lowest BCUT2D eigenvalue weighted by Gasteiger charge is -2.43. The van der Waals surface area contributed by atoms with Crippen LogP contribution in [0.2, 0.25) is 0 Å². The number of sulfonamides is 1. The van der Waals surface area contributed by atoms with Crippen molar-refractivity contribution in [3.63, 3.8) is 0 Å². The molecule has 2 aliphatic carbocycles. The predicted octanol–water partition coefficient (Wildman–Crippen LogP) is 2.97. The molecule has 158 valence electrons. The third-order valence-electron chi connectivity index (χ3n) is 5.90. The first-order valence-electron chi connectivity index (χ1n) is 9.58. The minimum absolute atomic E-state index is 0. The van der Waals surface area contributed by atoms with Crippen LogP contribution < -0.4 is 20.5 Å². The smallest absolute Gasteiger partial charge is 0.232 e. The minimum Gasteiger partial charge on any atom is -0.494 e. The molecule has 0 radical (unpaired) electrons. The number of halogens is 1. The Morgan fingerprint density at radius 3 is 2.46 bits per heavy atom. The number of fused-ring (bicyclic) bond motifs is 2. The molecule has 0 heterocycles. The van der Waals surface area contributed by atoms with Gasteiger partial charge in [0.2, 0.25) is 15.9 Å². The Balaban J connectivity index is 0.00000280. The van der Waals surface area contributed by atoms with E-state index in [1.807, 2.05) is 0 Å². The maximum Gasteiger partial charge on any atom is 0.232 e. The molecule has 4 N–H and O–H groups in total. The molecular weight excluding hydrogens is 402 g/mol. The summed E-state index contributed by atoms with van der Waals surface area (Å²) in [7, 11) is -1.93. The fourth-order valence-electron chi connectivity index (χ4n) is 4.34. The van der Waals surface area contributed by atoms with E-state index in [2.05, 4.69) is 10.0 Å². The van der Waals surface area contributed by atoms with Crippen molar-refractivity contribution in [1.82, 2.24) is 0 Å². The van der Waals surface area contributed by atoms with Gasteiger partial charge in [-0.1, -0.05) is 6.42 Å². The summed E-state index contributed by atoms with van der Waals surface area (Å²) in [5.74, 6) is 1.20. The van der Waals surface area contributed by atoms with Crippen molar-refractivity contribution in [2.24, 2.45) is 23.5 Å². The Morgan fingerprint density at radius 1 is 1.25 bits per heavy atom. The zero-order valence-electron chi connectivity index (χ0n) is 16.3. The van der Waals surface area contributed by atoms with Crippen LogP contribution >= 0.6 is 12.4 Å². The lowest BCUT2D eigenvalue weighted by molar-refractivity contribution is -0.122. The molecule has 2 saturated carbocycles. The first kappa shape index (κ1) is 22.8.